The first-order valence-corrected chi connectivity index (χ1v) is 4.77. The molecule has 0 radical (unpaired) electrons. The summed E-state index contributed by atoms with van der Waals surface area (Å²) in [5.74, 6) is -0.682. The fourth-order valence-electron chi connectivity index (χ4n) is 0.638. The van der Waals surface area contributed by atoms with Crippen molar-refractivity contribution in [3.8, 4) is 0 Å². The van der Waals surface area contributed by atoms with Gasteiger partial charge in [0.05, 0.1) is 0 Å². The van der Waals surface area contributed by atoms with Crippen LogP contribution in [-0.2, 0) is 4.79 Å². The number of carboxylic acids is 1. The summed E-state index contributed by atoms with van der Waals surface area (Å²) in [5, 5.41) is 16.0. The molecular formula is C9H21NO3. The van der Waals surface area contributed by atoms with Gasteiger partial charge in [-0.2, -0.15) is 0 Å². The molecule has 0 aliphatic heterocycles. The van der Waals surface area contributed by atoms with Gasteiger partial charge >= 0.3 is 5.97 Å². The molecule has 0 atom stereocenters. The molecule has 0 rings (SSSR count). The summed E-state index contributed by atoms with van der Waals surface area (Å²) in [6.45, 7) is 4.74. The van der Waals surface area contributed by atoms with Gasteiger partial charge in [0.25, 0.3) is 0 Å². The molecule has 0 saturated carbocycles. The maximum Gasteiger partial charge on any atom is 0.303 e. The van der Waals surface area contributed by atoms with E-state index in [1.807, 2.05) is 12.4 Å². The Hall–Kier alpha value is -0.610. The van der Waals surface area contributed by atoms with Crippen LogP contribution in [0.2, 0.25) is 0 Å². The zero-order chi connectivity index (χ0) is 10.5. The highest BCUT2D eigenvalue weighted by atomic mass is 16.5. The van der Waals surface area contributed by atoms with E-state index < -0.39 is 5.97 Å². The molecule has 0 bridgehead atoms. The van der Waals surface area contributed by atoms with Gasteiger partial charge in [-0.1, -0.05) is 26.7 Å². The van der Waals surface area contributed by atoms with Crippen molar-refractivity contribution in [3.05, 3.63) is 0 Å². The number of carbonyl (C=O) groups is 1. The van der Waals surface area contributed by atoms with Crippen molar-refractivity contribution in [1.29, 1.82) is 0 Å². The molecule has 0 saturated heterocycles. The Balaban J connectivity index is 0. The zero-order valence-electron chi connectivity index (χ0n) is 8.55. The van der Waals surface area contributed by atoms with Gasteiger partial charge in [0.2, 0.25) is 0 Å². The fraction of sp³-hybridized carbons (Fsp3) is 0.889. The standard InChI is InChI=1S/C6H12O2.C3H9NO/c1-2-3-4-5-6(7)8;1-2-3-4-5/h2-5H2,1H3,(H,7,8);4-5H,2-3H2,1H3. The van der Waals surface area contributed by atoms with Gasteiger partial charge in [-0.3, -0.25) is 4.79 Å². The lowest BCUT2D eigenvalue weighted by Crippen LogP contribution is -2.06. The van der Waals surface area contributed by atoms with Crippen LogP contribution >= 0.6 is 0 Å². The molecule has 4 nitrogen and oxygen atoms in total. The molecule has 0 amide bonds. The van der Waals surface area contributed by atoms with E-state index in [-0.39, 0.29) is 0 Å². The van der Waals surface area contributed by atoms with E-state index in [9.17, 15) is 4.79 Å². The van der Waals surface area contributed by atoms with Crippen LogP contribution in [-0.4, -0.2) is 22.8 Å². The van der Waals surface area contributed by atoms with Gasteiger partial charge in [0, 0.05) is 13.0 Å². The number of hydroxylamine groups is 1. The summed E-state index contributed by atoms with van der Waals surface area (Å²) in [7, 11) is 0. The van der Waals surface area contributed by atoms with Gasteiger partial charge in [-0.25, -0.2) is 5.48 Å². The largest absolute Gasteiger partial charge is 0.481 e. The number of carboxylic acid groups (broad SMARTS) is 1. The van der Waals surface area contributed by atoms with Crippen molar-refractivity contribution in [1.82, 2.24) is 5.48 Å². The van der Waals surface area contributed by atoms with E-state index in [1.165, 1.54) is 0 Å². The summed E-state index contributed by atoms with van der Waals surface area (Å²) in [6, 6.07) is 0. The number of aliphatic carboxylic acids is 1. The monoisotopic (exact) mass is 191 g/mol. The first kappa shape index (κ1) is 14.9. The lowest BCUT2D eigenvalue weighted by Gasteiger charge is -1.89. The Morgan fingerprint density at radius 1 is 1.23 bits per heavy atom. The van der Waals surface area contributed by atoms with E-state index in [4.69, 9.17) is 10.3 Å². The third-order valence-electron chi connectivity index (χ3n) is 1.36. The molecule has 0 heterocycles. The van der Waals surface area contributed by atoms with Crippen LogP contribution in [0.3, 0.4) is 0 Å². The molecule has 4 heteroatoms. The van der Waals surface area contributed by atoms with Gasteiger partial charge in [0.1, 0.15) is 0 Å². The highest BCUT2D eigenvalue weighted by molar-refractivity contribution is 5.66. The van der Waals surface area contributed by atoms with Crippen LogP contribution in [0.4, 0.5) is 0 Å². The van der Waals surface area contributed by atoms with Crippen LogP contribution in [0.15, 0.2) is 0 Å². The average Bonchev–Trinajstić information content (AvgIpc) is 2.07. The van der Waals surface area contributed by atoms with Crippen LogP contribution in [0.25, 0.3) is 0 Å². The molecule has 80 valence electrons. The third kappa shape index (κ3) is 24.6. The smallest absolute Gasteiger partial charge is 0.303 e. The molecular weight excluding hydrogens is 170 g/mol. The Kier molecular flexibility index (Phi) is 16.0. The average molecular weight is 191 g/mol. The summed E-state index contributed by atoms with van der Waals surface area (Å²) >= 11 is 0. The Morgan fingerprint density at radius 3 is 2.08 bits per heavy atom. The van der Waals surface area contributed by atoms with Crippen LogP contribution in [0, 0.1) is 0 Å². The molecule has 0 fully saturated rings. The van der Waals surface area contributed by atoms with Gasteiger partial charge < -0.3 is 10.3 Å². The fourth-order valence-corrected chi connectivity index (χ4v) is 0.638. The lowest BCUT2D eigenvalue weighted by molar-refractivity contribution is -0.137. The number of rotatable bonds is 6. The van der Waals surface area contributed by atoms with Crippen LogP contribution in [0.5, 0.6) is 0 Å². The summed E-state index contributed by atoms with van der Waals surface area (Å²) in [5.41, 5.74) is 2.02. The third-order valence-corrected chi connectivity index (χ3v) is 1.36. The molecule has 0 aromatic heterocycles. The summed E-state index contributed by atoms with van der Waals surface area (Å²) < 4.78 is 0. The second kappa shape index (κ2) is 13.9. The number of hydrogen-bond donors (Lipinski definition) is 3. The molecule has 0 aromatic rings. The predicted octanol–water partition coefficient (Wildman–Crippen LogP) is 2.03. The SMILES string of the molecule is CCCCCC(=O)O.CCCNO. The minimum absolute atomic E-state index is 0.327. The predicted molar refractivity (Wildman–Crippen MR) is 51.9 cm³/mol. The number of hydrogen-bond acceptors (Lipinski definition) is 3. The number of unbranched alkanes of at least 4 members (excludes halogenated alkanes) is 2. The van der Waals surface area contributed by atoms with Crippen molar-refractivity contribution in [3.63, 3.8) is 0 Å². The summed E-state index contributed by atoms with van der Waals surface area (Å²) in [6.07, 6.45) is 4.26. The summed E-state index contributed by atoms with van der Waals surface area (Å²) in [4.78, 5) is 9.87. The van der Waals surface area contributed by atoms with E-state index in [1.54, 1.807) is 0 Å². The molecule has 0 aliphatic carbocycles. The molecule has 0 aromatic carbocycles. The molecule has 0 aliphatic rings. The minimum atomic E-state index is -0.682. The van der Waals surface area contributed by atoms with E-state index in [0.29, 0.717) is 13.0 Å². The zero-order valence-corrected chi connectivity index (χ0v) is 8.55. The molecule has 0 unspecified atom stereocenters. The van der Waals surface area contributed by atoms with Crippen molar-refractivity contribution < 1.29 is 15.1 Å². The maximum atomic E-state index is 9.87. The molecule has 13 heavy (non-hydrogen) atoms. The normalized spacial score (nSPS) is 8.85. The highest BCUT2D eigenvalue weighted by Gasteiger charge is 1.92. The van der Waals surface area contributed by atoms with Crippen LogP contribution < -0.4 is 5.48 Å². The second-order valence-corrected chi connectivity index (χ2v) is 2.76. The topological polar surface area (TPSA) is 69.6 Å². The van der Waals surface area contributed by atoms with E-state index >= 15 is 0 Å². The Bertz CT molecular complexity index is 105. The van der Waals surface area contributed by atoms with Crippen molar-refractivity contribution in [2.75, 3.05) is 6.54 Å². The first-order valence-electron chi connectivity index (χ1n) is 4.77. The van der Waals surface area contributed by atoms with Crippen LogP contribution in [0.1, 0.15) is 46.0 Å². The Labute approximate surface area is 79.9 Å². The van der Waals surface area contributed by atoms with E-state index in [2.05, 4.69) is 6.92 Å². The Morgan fingerprint density at radius 2 is 1.85 bits per heavy atom. The van der Waals surface area contributed by atoms with Crippen molar-refractivity contribution in [2.45, 2.75) is 46.0 Å². The minimum Gasteiger partial charge on any atom is -0.481 e. The molecule has 3 N–H and O–H groups in total. The van der Waals surface area contributed by atoms with Gasteiger partial charge in [-0.15, -0.1) is 0 Å². The van der Waals surface area contributed by atoms with Crippen molar-refractivity contribution in [2.24, 2.45) is 0 Å². The van der Waals surface area contributed by atoms with E-state index in [0.717, 1.165) is 25.7 Å². The highest BCUT2D eigenvalue weighted by Crippen LogP contribution is 1.97. The van der Waals surface area contributed by atoms with Crippen molar-refractivity contribution >= 4 is 5.97 Å². The quantitative estimate of drug-likeness (QED) is 0.444. The second-order valence-electron chi connectivity index (χ2n) is 2.76. The van der Waals surface area contributed by atoms with Gasteiger partial charge in [-0.05, 0) is 12.8 Å². The first-order chi connectivity index (χ1) is 6.18. The lowest BCUT2D eigenvalue weighted by atomic mass is 10.2. The number of nitrogens with one attached hydrogen (secondary N) is 1. The van der Waals surface area contributed by atoms with Gasteiger partial charge in [0.15, 0.2) is 0 Å². The maximum absolute atomic E-state index is 9.87. The molecule has 0 spiro atoms.